The van der Waals surface area contributed by atoms with Gasteiger partial charge >= 0.3 is 5.69 Å². The first kappa shape index (κ1) is 20.5. The van der Waals surface area contributed by atoms with Gasteiger partial charge in [0.1, 0.15) is 5.75 Å². The largest absolute Gasteiger partial charge is 0.495 e. The molecule has 2 heterocycles. The van der Waals surface area contributed by atoms with E-state index in [1.54, 1.807) is 46.6 Å². The van der Waals surface area contributed by atoms with Crippen molar-refractivity contribution >= 4 is 22.6 Å². The molecule has 0 radical (unpaired) electrons. The average Bonchev–Trinajstić information content (AvgIpc) is 3.00. The molecule has 1 fully saturated rings. The van der Waals surface area contributed by atoms with Crippen molar-refractivity contribution in [2.75, 3.05) is 20.3 Å². The van der Waals surface area contributed by atoms with E-state index < -0.39 is 5.79 Å². The van der Waals surface area contributed by atoms with Crippen LogP contribution >= 0.6 is 11.6 Å². The number of rotatable bonds is 4. The first-order valence-electron chi connectivity index (χ1n) is 9.58. The van der Waals surface area contributed by atoms with Crippen LogP contribution in [-0.4, -0.2) is 35.2 Å². The summed E-state index contributed by atoms with van der Waals surface area (Å²) in [5.41, 5.74) is 2.57. The molecule has 0 N–H and O–H groups in total. The maximum Gasteiger partial charge on any atom is 0.329 e. The summed E-state index contributed by atoms with van der Waals surface area (Å²) in [5.74, 6) is -0.133. The predicted octanol–water partition coefficient (Wildman–Crippen LogP) is 3.71. The van der Waals surface area contributed by atoms with Crippen LogP contribution in [0.25, 0.3) is 11.0 Å². The Balaban J connectivity index is 1.82. The van der Waals surface area contributed by atoms with E-state index in [4.69, 9.17) is 25.8 Å². The van der Waals surface area contributed by atoms with Gasteiger partial charge in [-0.05, 0) is 49.7 Å². The van der Waals surface area contributed by atoms with Crippen molar-refractivity contribution in [1.29, 1.82) is 5.26 Å². The van der Waals surface area contributed by atoms with E-state index in [9.17, 15) is 10.1 Å². The van der Waals surface area contributed by atoms with Crippen molar-refractivity contribution in [2.45, 2.75) is 32.2 Å². The van der Waals surface area contributed by atoms with E-state index in [1.165, 1.54) is 0 Å². The van der Waals surface area contributed by atoms with Gasteiger partial charge in [0.15, 0.2) is 5.79 Å². The Morgan fingerprint density at radius 2 is 1.93 bits per heavy atom. The van der Waals surface area contributed by atoms with Gasteiger partial charge in [-0.3, -0.25) is 9.13 Å². The molecule has 0 spiro atoms. The van der Waals surface area contributed by atoms with E-state index in [0.29, 0.717) is 41.6 Å². The summed E-state index contributed by atoms with van der Waals surface area (Å²) < 4.78 is 20.2. The second-order valence-electron chi connectivity index (χ2n) is 7.70. The number of halogens is 1. The number of ether oxygens (including phenoxy) is 3. The molecular formula is C22H22ClN3O4. The number of hydrogen-bond donors (Lipinski definition) is 0. The molecule has 0 amide bonds. The summed E-state index contributed by atoms with van der Waals surface area (Å²) in [6.07, 6.45) is 0. The number of fused-ring (bicyclic) bond motifs is 1. The molecule has 3 aromatic rings. The molecular weight excluding hydrogens is 406 g/mol. The highest BCUT2D eigenvalue weighted by atomic mass is 35.5. The van der Waals surface area contributed by atoms with Gasteiger partial charge in [0, 0.05) is 0 Å². The Hall–Kier alpha value is -2.79. The molecule has 7 nitrogen and oxygen atoms in total. The molecule has 156 valence electrons. The second-order valence-corrected chi connectivity index (χ2v) is 8.11. The molecule has 1 aliphatic heterocycles. The summed E-state index contributed by atoms with van der Waals surface area (Å²) in [7, 11) is 1.55. The minimum atomic E-state index is -0.674. The summed E-state index contributed by atoms with van der Waals surface area (Å²) in [6, 6.07) is 12.5. The molecule has 1 saturated heterocycles. The predicted molar refractivity (Wildman–Crippen MR) is 113 cm³/mol. The van der Waals surface area contributed by atoms with Gasteiger partial charge in [-0.25, -0.2) is 4.79 Å². The van der Waals surface area contributed by atoms with Gasteiger partial charge < -0.3 is 14.2 Å². The van der Waals surface area contributed by atoms with Gasteiger partial charge in [0.05, 0.1) is 60.6 Å². The molecule has 30 heavy (non-hydrogen) atoms. The van der Waals surface area contributed by atoms with Crippen molar-refractivity contribution < 1.29 is 14.2 Å². The van der Waals surface area contributed by atoms with Crippen LogP contribution in [-0.2, 0) is 16.0 Å². The van der Waals surface area contributed by atoms with Gasteiger partial charge in [-0.15, -0.1) is 0 Å². The monoisotopic (exact) mass is 427 g/mol. The Morgan fingerprint density at radius 1 is 1.20 bits per heavy atom. The van der Waals surface area contributed by atoms with Crippen molar-refractivity contribution in [2.24, 2.45) is 0 Å². The van der Waals surface area contributed by atoms with E-state index in [0.717, 1.165) is 11.1 Å². The quantitative estimate of drug-likeness (QED) is 0.634. The highest BCUT2D eigenvalue weighted by Gasteiger charge is 2.31. The van der Waals surface area contributed by atoms with E-state index >= 15 is 0 Å². The minimum absolute atomic E-state index is 0.189. The molecule has 1 aliphatic rings. The third-order valence-corrected chi connectivity index (χ3v) is 5.57. The lowest BCUT2D eigenvalue weighted by Gasteiger charge is -2.35. The number of hydrogen-bond acceptors (Lipinski definition) is 5. The number of benzene rings is 2. The van der Waals surface area contributed by atoms with Crippen molar-refractivity contribution in [1.82, 2.24) is 9.13 Å². The fourth-order valence-corrected chi connectivity index (χ4v) is 3.87. The van der Waals surface area contributed by atoms with Crippen LogP contribution in [0.2, 0.25) is 5.02 Å². The van der Waals surface area contributed by atoms with Crippen LogP contribution in [0.5, 0.6) is 5.75 Å². The molecule has 4 rings (SSSR count). The third kappa shape index (κ3) is 3.70. The Kier molecular flexibility index (Phi) is 5.33. The molecule has 0 atom stereocenters. The van der Waals surface area contributed by atoms with Crippen molar-refractivity contribution in [3.63, 3.8) is 0 Å². The number of imidazole rings is 1. The molecule has 0 aliphatic carbocycles. The van der Waals surface area contributed by atoms with Gasteiger partial charge in [-0.2, -0.15) is 5.26 Å². The van der Waals surface area contributed by atoms with Gasteiger partial charge in [0.2, 0.25) is 0 Å². The van der Waals surface area contributed by atoms with Gasteiger partial charge in [0.25, 0.3) is 0 Å². The van der Waals surface area contributed by atoms with Crippen molar-refractivity contribution in [3.05, 3.63) is 63.0 Å². The topological polar surface area (TPSA) is 78.4 Å². The van der Waals surface area contributed by atoms with E-state index in [-0.39, 0.29) is 11.7 Å². The standard InChI is InChI=1S/C22H22ClN3O4/c1-22(2)29-12-16(13-30-22)26-18-7-5-14(10-24)8-19(18)25(21(26)27)11-15-4-6-17(23)20(9-15)28-3/h4-9,16H,11-13H2,1-3H3. The zero-order valence-electron chi connectivity index (χ0n) is 17.0. The van der Waals surface area contributed by atoms with Crippen LogP contribution in [0, 0.1) is 11.3 Å². The summed E-state index contributed by atoms with van der Waals surface area (Å²) in [5, 5.41) is 9.85. The average molecular weight is 428 g/mol. The van der Waals surface area contributed by atoms with Crippen LogP contribution < -0.4 is 10.4 Å². The fraction of sp³-hybridized carbons (Fsp3) is 0.364. The first-order valence-corrected chi connectivity index (χ1v) is 9.96. The van der Waals surface area contributed by atoms with Crippen molar-refractivity contribution in [3.8, 4) is 11.8 Å². The third-order valence-electron chi connectivity index (χ3n) is 5.26. The Labute approximate surface area is 178 Å². The molecule has 1 aromatic heterocycles. The Morgan fingerprint density at radius 3 is 2.60 bits per heavy atom. The first-order chi connectivity index (χ1) is 14.3. The number of nitriles is 1. The normalized spacial score (nSPS) is 16.5. The zero-order chi connectivity index (χ0) is 21.5. The summed E-state index contributed by atoms with van der Waals surface area (Å²) in [4.78, 5) is 13.4. The maximum absolute atomic E-state index is 13.4. The lowest BCUT2D eigenvalue weighted by Crippen LogP contribution is -2.42. The molecule has 0 saturated carbocycles. The van der Waals surface area contributed by atoms with Crippen LogP contribution in [0.15, 0.2) is 41.2 Å². The maximum atomic E-state index is 13.4. The van der Waals surface area contributed by atoms with Crippen LogP contribution in [0.3, 0.4) is 0 Å². The molecule has 0 bridgehead atoms. The highest BCUT2D eigenvalue weighted by Crippen LogP contribution is 2.28. The van der Waals surface area contributed by atoms with E-state index in [2.05, 4.69) is 6.07 Å². The number of methoxy groups -OCH3 is 1. The fourth-order valence-electron chi connectivity index (χ4n) is 3.67. The van der Waals surface area contributed by atoms with Crippen LogP contribution in [0.4, 0.5) is 0 Å². The van der Waals surface area contributed by atoms with E-state index in [1.807, 2.05) is 19.9 Å². The summed E-state index contributed by atoms with van der Waals surface area (Å²) in [6.45, 7) is 4.73. The minimum Gasteiger partial charge on any atom is -0.495 e. The summed E-state index contributed by atoms with van der Waals surface area (Å²) >= 11 is 6.13. The SMILES string of the molecule is COc1cc(Cn2c(=O)n(C3COC(C)(C)OC3)c3ccc(C#N)cc32)ccc1Cl. The number of nitrogens with zero attached hydrogens (tertiary/aromatic N) is 3. The lowest BCUT2D eigenvalue weighted by molar-refractivity contribution is -0.258. The lowest BCUT2D eigenvalue weighted by atomic mass is 10.2. The molecule has 0 unspecified atom stereocenters. The molecule has 8 heteroatoms. The highest BCUT2D eigenvalue weighted by molar-refractivity contribution is 6.32. The Bertz CT molecular complexity index is 1200. The van der Waals surface area contributed by atoms with Gasteiger partial charge in [-0.1, -0.05) is 17.7 Å². The zero-order valence-corrected chi connectivity index (χ0v) is 17.8. The molecule has 2 aromatic carbocycles. The second kappa shape index (κ2) is 7.80. The number of aromatic nitrogens is 2. The van der Waals surface area contributed by atoms with Crippen LogP contribution in [0.1, 0.15) is 31.0 Å². The smallest absolute Gasteiger partial charge is 0.329 e.